The summed E-state index contributed by atoms with van der Waals surface area (Å²) in [6.45, 7) is 11.4. The number of rotatable bonds is 5. The fourth-order valence-electron chi connectivity index (χ4n) is 3.10. The molecule has 0 aliphatic carbocycles. The van der Waals surface area contributed by atoms with Crippen molar-refractivity contribution in [1.82, 2.24) is 5.43 Å². The molecule has 33 heavy (non-hydrogen) atoms. The van der Waals surface area contributed by atoms with Gasteiger partial charge in [0.25, 0.3) is 11.6 Å². The molecule has 0 aliphatic heterocycles. The molecule has 11 nitrogen and oxygen atoms in total. The van der Waals surface area contributed by atoms with Crippen molar-refractivity contribution in [2.45, 2.75) is 52.4 Å². The summed E-state index contributed by atoms with van der Waals surface area (Å²) < 4.78 is 0. The maximum Gasteiger partial charge on any atom is 0.318 e. The summed E-state index contributed by atoms with van der Waals surface area (Å²) in [5.41, 5.74) is 0.885. The van der Waals surface area contributed by atoms with Gasteiger partial charge in [-0.05, 0) is 23.0 Å². The van der Waals surface area contributed by atoms with Crippen molar-refractivity contribution >= 4 is 23.5 Å². The van der Waals surface area contributed by atoms with Crippen LogP contribution < -0.4 is 5.43 Å². The van der Waals surface area contributed by atoms with Gasteiger partial charge in [0.1, 0.15) is 5.75 Å². The molecule has 0 bridgehead atoms. The van der Waals surface area contributed by atoms with E-state index < -0.39 is 43.7 Å². The molecule has 1 amide bonds. The number of carbonyl (C=O) groups excluding carboxylic acids is 1. The minimum atomic E-state index is -0.962. The van der Waals surface area contributed by atoms with Gasteiger partial charge in [0.05, 0.1) is 27.7 Å². The standard InChI is InChI=1S/C22H26N4O7/c1-21(2,3)15-8-12(9-16(19(15)28)22(4,5)6)20(29)24-23-11-13-7-14(25(30)31)10-17(18(13)27)26(32)33/h7-11,27-28H,1-6H3,(H,24,29). The fraction of sp³-hybridized carbons (Fsp3) is 0.364. The molecule has 0 spiro atoms. The first-order chi connectivity index (χ1) is 15.0. The van der Waals surface area contributed by atoms with E-state index in [1.54, 1.807) is 12.1 Å². The molecule has 2 aromatic rings. The van der Waals surface area contributed by atoms with E-state index in [1.165, 1.54) is 0 Å². The molecule has 0 unspecified atom stereocenters. The lowest BCUT2D eigenvalue weighted by atomic mass is 9.78. The number of nitro benzene ring substituents is 2. The smallest absolute Gasteiger partial charge is 0.318 e. The highest BCUT2D eigenvalue weighted by Gasteiger charge is 2.28. The van der Waals surface area contributed by atoms with E-state index in [0.29, 0.717) is 17.2 Å². The quantitative estimate of drug-likeness (QED) is 0.341. The molecule has 0 heterocycles. The second-order valence-corrected chi connectivity index (χ2v) is 9.54. The second kappa shape index (κ2) is 8.85. The molecule has 0 aliphatic rings. The highest BCUT2D eigenvalue weighted by atomic mass is 16.6. The summed E-state index contributed by atoms with van der Waals surface area (Å²) in [4.78, 5) is 33.0. The van der Waals surface area contributed by atoms with Crippen molar-refractivity contribution in [2.75, 3.05) is 0 Å². The van der Waals surface area contributed by atoms with Crippen molar-refractivity contribution in [3.8, 4) is 11.5 Å². The number of amides is 1. The van der Waals surface area contributed by atoms with E-state index >= 15 is 0 Å². The van der Waals surface area contributed by atoms with Crippen molar-refractivity contribution in [1.29, 1.82) is 0 Å². The van der Waals surface area contributed by atoms with E-state index in [4.69, 9.17) is 0 Å². The summed E-state index contributed by atoms with van der Waals surface area (Å²) in [5, 5.41) is 46.6. The van der Waals surface area contributed by atoms with Crippen LogP contribution in [-0.4, -0.2) is 32.2 Å². The van der Waals surface area contributed by atoms with Crippen molar-refractivity contribution in [2.24, 2.45) is 5.10 Å². The van der Waals surface area contributed by atoms with Crippen LogP contribution in [0.4, 0.5) is 11.4 Å². The Labute approximate surface area is 190 Å². The number of nitrogens with one attached hydrogen (secondary N) is 1. The Morgan fingerprint density at radius 1 is 0.909 bits per heavy atom. The lowest BCUT2D eigenvalue weighted by molar-refractivity contribution is -0.394. The predicted octanol–water partition coefficient (Wildman–Crippen LogP) is 4.27. The van der Waals surface area contributed by atoms with Gasteiger partial charge in [0.2, 0.25) is 5.75 Å². The highest BCUT2D eigenvalue weighted by Crippen LogP contribution is 2.39. The number of aromatic hydroxyl groups is 2. The average molecular weight is 458 g/mol. The first-order valence-corrected chi connectivity index (χ1v) is 9.91. The summed E-state index contributed by atoms with van der Waals surface area (Å²) in [6.07, 6.45) is 0.878. The van der Waals surface area contributed by atoms with Crippen LogP contribution in [0.3, 0.4) is 0 Å². The number of benzene rings is 2. The highest BCUT2D eigenvalue weighted by molar-refractivity contribution is 5.96. The Kier molecular flexibility index (Phi) is 6.77. The first-order valence-electron chi connectivity index (χ1n) is 9.91. The summed E-state index contributed by atoms with van der Waals surface area (Å²) in [7, 11) is 0. The molecule has 0 atom stereocenters. The van der Waals surface area contributed by atoms with Gasteiger partial charge in [-0.3, -0.25) is 25.0 Å². The Morgan fingerprint density at radius 3 is 1.85 bits per heavy atom. The van der Waals surface area contributed by atoms with Gasteiger partial charge in [-0.15, -0.1) is 0 Å². The maximum atomic E-state index is 12.8. The number of hydrazone groups is 1. The molecule has 11 heteroatoms. The van der Waals surface area contributed by atoms with E-state index in [1.807, 2.05) is 41.5 Å². The van der Waals surface area contributed by atoms with E-state index in [0.717, 1.165) is 12.3 Å². The number of hydrogen-bond donors (Lipinski definition) is 3. The first kappa shape index (κ1) is 25.2. The number of carbonyl (C=O) groups is 1. The predicted molar refractivity (Wildman–Crippen MR) is 122 cm³/mol. The van der Waals surface area contributed by atoms with Crippen LogP contribution in [-0.2, 0) is 10.8 Å². The number of phenols is 2. The zero-order valence-corrected chi connectivity index (χ0v) is 19.2. The Balaban J connectivity index is 2.44. The third kappa shape index (κ3) is 5.62. The van der Waals surface area contributed by atoms with Crippen LogP contribution in [0.5, 0.6) is 11.5 Å². The second-order valence-electron chi connectivity index (χ2n) is 9.54. The van der Waals surface area contributed by atoms with Gasteiger partial charge < -0.3 is 10.2 Å². The Morgan fingerprint density at radius 2 is 1.42 bits per heavy atom. The third-order valence-electron chi connectivity index (χ3n) is 4.87. The van der Waals surface area contributed by atoms with Crippen LogP contribution in [0.2, 0.25) is 0 Å². The van der Waals surface area contributed by atoms with E-state index in [-0.39, 0.29) is 16.9 Å². The number of nitrogens with zero attached hydrogens (tertiary/aromatic N) is 3. The molecular formula is C22H26N4O7. The van der Waals surface area contributed by atoms with Crippen molar-refractivity contribution in [3.05, 3.63) is 66.7 Å². The molecule has 3 N–H and O–H groups in total. The van der Waals surface area contributed by atoms with Gasteiger partial charge in [-0.2, -0.15) is 5.10 Å². The Hall–Kier alpha value is -4.02. The third-order valence-corrected chi connectivity index (χ3v) is 4.87. The number of non-ortho nitro benzene ring substituents is 1. The molecule has 0 saturated heterocycles. The number of nitro groups is 2. The van der Waals surface area contributed by atoms with Gasteiger partial charge in [0.15, 0.2) is 0 Å². The number of hydrogen-bond acceptors (Lipinski definition) is 8. The lowest BCUT2D eigenvalue weighted by Crippen LogP contribution is -2.22. The largest absolute Gasteiger partial charge is 0.507 e. The molecule has 0 aromatic heterocycles. The molecule has 0 radical (unpaired) electrons. The van der Waals surface area contributed by atoms with Crippen LogP contribution in [0, 0.1) is 20.2 Å². The van der Waals surface area contributed by atoms with E-state index in [2.05, 4.69) is 10.5 Å². The number of phenolic OH excluding ortho intramolecular Hbond substituents is 2. The fourth-order valence-corrected chi connectivity index (χ4v) is 3.10. The molecule has 0 fully saturated rings. The van der Waals surface area contributed by atoms with Gasteiger partial charge in [-0.25, -0.2) is 5.43 Å². The van der Waals surface area contributed by atoms with Crippen molar-refractivity contribution < 1.29 is 24.9 Å². The molecule has 0 saturated carbocycles. The molecule has 2 aromatic carbocycles. The van der Waals surface area contributed by atoms with Crippen LogP contribution in [0.25, 0.3) is 0 Å². The van der Waals surface area contributed by atoms with Gasteiger partial charge in [0, 0.05) is 22.8 Å². The monoisotopic (exact) mass is 458 g/mol. The van der Waals surface area contributed by atoms with Crippen LogP contribution >= 0.6 is 0 Å². The minimum Gasteiger partial charge on any atom is -0.507 e. The zero-order chi connectivity index (χ0) is 25.3. The van der Waals surface area contributed by atoms with Gasteiger partial charge in [-0.1, -0.05) is 41.5 Å². The molecular weight excluding hydrogens is 432 g/mol. The van der Waals surface area contributed by atoms with Crippen LogP contribution in [0.15, 0.2) is 29.4 Å². The normalized spacial score (nSPS) is 12.1. The topological polar surface area (TPSA) is 168 Å². The van der Waals surface area contributed by atoms with E-state index in [9.17, 15) is 35.2 Å². The van der Waals surface area contributed by atoms with Crippen LogP contribution in [0.1, 0.15) is 68.6 Å². The molecule has 2 rings (SSSR count). The Bertz CT molecular complexity index is 1120. The van der Waals surface area contributed by atoms with Gasteiger partial charge >= 0.3 is 5.69 Å². The maximum absolute atomic E-state index is 12.8. The lowest BCUT2D eigenvalue weighted by Gasteiger charge is -2.28. The SMILES string of the molecule is CC(C)(C)c1cc(C(=O)NN=Cc2cc([N+](=O)[O-])cc([N+](=O)[O-])c2O)cc(C(C)(C)C)c1O. The summed E-state index contributed by atoms with van der Waals surface area (Å²) >= 11 is 0. The zero-order valence-electron chi connectivity index (χ0n) is 19.2. The average Bonchev–Trinajstić information content (AvgIpc) is 2.66. The summed E-state index contributed by atoms with van der Waals surface area (Å²) in [6, 6.07) is 4.62. The van der Waals surface area contributed by atoms with Crippen molar-refractivity contribution in [3.63, 3.8) is 0 Å². The molecule has 176 valence electrons. The summed E-state index contributed by atoms with van der Waals surface area (Å²) in [5.74, 6) is -1.36. The minimum absolute atomic E-state index is 0.101.